The minimum atomic E-state index is -1.60. The van der Waals surface area contributed by atoms with Crippen LogP contribution in [-0.2, 0) is 21.3 Å². The molecule has 0 saturated carbocycles. The predicted octanol–water partition coefficient (Wildman–Crippen LogP) is -2.49. The van der Waals surface area contributed by atoms with Crippen LogP contribution in [0.2, 0.25) is 0 Å². The van der Waals surface area contributed by atoms with Gasteiger partial charge in [-0.3, -0.25) is 0 Å². The van der Waals surface area contributed by atoms with Gasteiger partial charge in [0.05, 0.1) is 0 Å². The summed E-state index contributed by atoms with van der Waals surface area (Å²) < 4.78 is 7.80. The normalized spacial score (nSPS) is 17.1. The number of hydrogen-bond donors (Lipinski definition) is 0. The summed E-state index contributed by atoms with van der Waals surface area (Å²) >= 11 is -1.60. The van der Waals surface area contributed by atoms with E-state index in [1.807, 2.05) is 0 Å². The van der Waals surface area contributed by atoms with Crippen LogP contribution in [0, 0.1) is 0 Å². The van der Waals surface area contributed by atoms with Crippen LogP contribution in [0.3, 0.4) is 0 Å². The summed E-state index contributed by atoms with van der Waals surface area (Å²) in [5.74, 6) is 0. The molecule has 2 aliphatic carbocycles. The first-order chi connectivity index (χ1) is 6.66. The second-order valence-electron chi connectivity index (χ2n) is 4.18. The van der Waals surface area contributed by atoms with Gasteiger partial charge < -0.3 is 24.8 Å². The zero-order chi connectivity index (χ0) is 10.1. The first-order valence-electron chi connectivity index (χ1n) is 5.10. The van der Waals surface area contributed by atoms with Gasteiger partial charge in [-0.05, 0) is 0 Å². The minimum Gasteiger partial charge on any atom is -1.00 e. The van der Waals surface area contributed by atoms with Crippen molar-refractivity contribution in [3.05, 3.63) is 42.0 Å². The second-order valence-corrected chi connectivity index (χ2v) is 9.69. The molecule has 0 fully saturated rings. The molecular formula is C13H16Cl2Zr. The third kappa shape index (κ3) is 3.65. The molecule has 0 saturated heterocycles. The van der Waals surface area contributed by atoms with E-state index in [-0.39, 0.29) is 24.8 Å². The molecular weight excluding hydrogens is 318 g/mol. The predicted molar refractivity (Wildman–Crippen MR) is 60.0 cm³/mol. The molecule has 0 amide bonds. The number of halogens is 2. The molecule has 0 heterocycles. The summed E-state index contributed by atoms with van der Waals surface area (Å²) in [6, 6.07) is 0. The van der Waals surface area contributed by atoms with E-state index < -0.39 is 21.3 Å². The van der Waals surface area contributed by atoms with Gasteiger partial charge in [-0.2, -0.15) is 0 Å². The number of allylic oxidation sites excluding steroid dienone is 8. The Kier molecular flexibility index (Phi) is 7.02. The first kappa shape index (κ1) is 16.3. The third-order valence-corrected chi connectivity index (χ3v) is 8.37. The van der Waals surface area contributed by atoms with E-state index in [0.29, 0.717) is 0 Å². The molecule has 0 aliphatic heterocycles. The average Bonchev–Trinajstić information content (AvgIpc) is 2.73. The molecule has 86 valence electrons. The van der Waals surface area contributed by atoms with Gasteiger partial charge in [-0.25, -0.2) is 0 Å². The maximum absolute atomic E-state index is 4.46. The van der Waals surface area contributed by atoms with Crippen molar-refractivity contribution in [2.75, 3.05) is 0 Å². The van der Waals surface area contributed by atoms with E-state index >= 15 is 0 Å². The van der Waals surface area contributed by atoms with Gasteiger partial charge in [-0.15, -0.1) is 0 Å². The molecule has 2 rings (SSSR count). The van der Waals surface area contributed by atoms with Gasteiger partial charge in [0, 0.05) is 0 Å². The zero-order valence-corrected chi connectivity index (χ0v) is 13.7. The van der Waals surface area contributed by atoms with Gasteiger partial charge in [0.15, 0.2) is 0 Å². The maximum Gasteiger partial charge on any atom is -1.00 e. The van der Waals surface area contributed by atoms with Crippen molar-refractivity contribution < 1.29 is 46.1 Å². The largest absolute Gasteiger partial charge is 1.00 e. The van der Waals surface area contributed by atoms with Crippen molar-refractivity contribution in [1.29, 1.82) is 0 Å². The maximum atomic E-state index is 4.46. The monoisotopic (exact) mass is 332 g/mol. The van der Waals surface area contributed by atoms with Crippen molar-refractivity contribution in [3.8, 4) is 0 Å². The summed E-state index contributed by atoms with van der Waals surface area (Å²) in [4.78, 5) is 0. The Labute approximate surface area is 118 Å². The molecule has 0 spiro atoms. The van der Waals surface area contributed by atoms with Gasteiger partial charge in [0.1, 0.15) is 0 Å². The second kappa shape index (κ2) is 6.89. The smallest absolute Gasteiger partial charge is 1.00 e. The zero-order valence-electron chi connectivity index (χ0n) is 9.69. The summed E-state index contributed by atoms with van der Waals surface area (Å²) in [5.41, 5.74) is 2.94. The van der Waals surface area contributed by atoms with Gasteiger partial charge in [0.2, 0.25) is 0 Å². The van der Waals surface area contributed by atoms with E-state index in [2.05, 4.69) is 42.4 Å². The van der Waals surface area contributed by atoms with Crippen LogP contribution in [0.1, 0.15) is 26.7 Å². The van der Waals surface area contributed by atoms with Crippen LogP contribution in [0.15, 0.2) is 42.0 Å². The van der Waals surface area contributed by atoms with Crippen molar-refractivity contribution in [2.24, 2.45) is 0 Å². The van der Waals surface area contributed by atoms with E-state index in [4.69, 9.17) is 0 Å². The SMILES string of the molecule is [CH2]=[Zr+2]([C]1=CC(C)=CC1)[C]1=CC=C(C)C1.[Cl-].[Cl-]. The Morgan fingerprint density at radius 2 is 1.81 bits per heavy atom. The first-order valence-corrected chi connectivity index (χ1v) is 9.30. The Morgan fingerprint density at radius 1 is 1.12 bits per heavy atom. The third-order valence-electron chi connectivity index (χ3n) is 2.86. The molecule has 0 unspecified atom stereocenters. The van der Waals surface area contributed by atoms with Crippen LogP contribution in [0.5, 0.6) is 0 Å². The van der Waals surface area contributed by atoms with Crippen molar-refractivity contribution in [3.63, 3.8) is 0 Å². The topological polar surface area (TPSA) is 0 Å². The summed E-state index contributed by atoms with van der Waals surface area (Å²) in [7, 11) is 0. The fraction of sp³-hybridized carbons (Fsp3) is 0.308. The van der Waals surface area contributed by atoms with Crippen molar-refractivity contribution >= 4 is 4.21 Å². The summed E-state index contributed by atoms with van der Waals surface area (Å²) in [5, 5.41) is 0. The molecule has 0 aromatic heterocycles. The molecule has 16 heavy (non-hydrogen) atoms. The van der Waals surface area contributed by atoms with Crippen LogP contribution in [0.25, 0.3) is 0 Å². The Morgan fingerprint density at radius 3 is 2.25 bits per heavy atom. The van der Waals surface area contributed by atoms with E-state index in [0.717, 1.165) is 0 Å². The summed E-state index contributed by atoms with van der Waals surface area (Å²) in [6.45, 7) is 4.41. The van der Waals surface area contributed by atoms with Crippen LogP contribution >= 0.6 is 0 Å². The van der Waals surface area contributed by atoms with Crippen LogP contribution in [-0.4, -0.2) is 4.21 Å². The van der Waals surface area contributed by atoms with Gasteiger partial charge >= 0.3 is 94.2 Å². The fourth-order valence-electron chi connectivity index (χ4n) is 1.95. The molecule has 0 bridgehead atoms. The molecule has 0 radical (unpaired) electrons. The van der Waals surface area contributed by atoms with Crippen molar-refractivity contribution in [1.82, 2.24) is 0 Å². The van der Waals surface area contributed by atoms with Crippen LogP contribution < -0.4 is 24.8 Å². The van der Waals surface area contributed by atoms with Crippen LogP contribution in [0.4, 0.5) is 0 Å². The molecule has 0 N–H and O–H groups in total. The van der Waals surface area contributed by atoms with Gasteiger partial charge in [-0.1, -0.05) is 0 Å². The Hall–Kier alpha value is 0.293. The molecule has 2 aliphatic rings. The molecule has 0 aromatic carbocycles. The molecule has 3 heteroatoms. The van der Waals surface area contributed by atoms with E-state index in [1.165, 1.54) is 24.0 Å². The summed E-state index contributed by atoms with van der Waals surface area (Å²) in [6.07, 6.45) is 11.7. The minimum absolute atomic E-state index is 0. The van der Waals surface area contributed by atoms with Crippen molar-refractivity contribution in [2.45, 2.75) is 26.7 Å². The fourth-order valence-corrected chi connectivity index (χ4v) is 6.72. The number of rotatable bonds is 2. The quantitative estimate of drug-likeness (QED) is 0.524. The number of hydrogen-bond acceptors (Lipinski definition) is 0. The Bertz CT molecular complexity index is 412. The molecule has 0 aromatic rings. The molecule has 0 atom stereocenters. The van der Waals surface area contributed by atoms with E-state index in [1.54, 1.807) is 6.56 Å². The Balaban J connectivity index is 0.00000112. The molecule has 0 nitrogen and oxygen atoms in total. The average molecular weight is 334 g/mol. The van der Waals surface area contributed by atoms with Gasteiger partial charge in [0.25, 0.3) is 0 Å². The van der Waals surface area contributed by atoms with E-state index in [9.17, 15) is 0 Å². The standard InChI is InChI=1S/2C6H7.CH2.2ClH.Zr/c2*1-6-4-2-3-5-6;;;;/h4-5H,2H2,1H3;2,4H,5H2,1H3;1H2;2*1H;/q;;;;;+2/p-2.